The zero-order valence-electron chi connectivity index (χ0n) is 16.0. The molecule has 2 N–H and O–H groups in total. The zero-order chi connectivity index (χ0) is 18.3. The Morgan fingerprint density at radius 2 is 1.35 bits per heavy atom. The molecule has 130 valence electrons. The van der Waals surface area contributed by atoms with Crippen LogP contribution in [0.3, 0.4) is 0 Å². The van der Waals surface area contributed by atoms with Gasteiger partial charge in [0.2, 0.25) is 0 Å². The van der Waals surface area contributed by atoms with Gasteiger partial charge in [-0.3, -0.25) is 0 Å². The summed E-state index contributed by atoms with van der Waals surface area (Å²) in [5.74, 6) is -0.533. The lowest BCUT2D eigenvalue weighted by atomic mass is 9.68. The summed E-state index contributed by atoms with van der Waals surface area (Å²) < 4.78 is 0. The molecule has 0 unspecified atom stereocenters. The number of carboxylic acids is 1. The fraction of sp³-hybridized carbons (Fsp3) is 0.650. The molecule has 0 heterocycles. The van der Waals surface area contributed by atoms with Gasteiger partial charge in [0.25, 0.3) is 0 Å². The van der Waals surface area contributed by atoms with Gasteiger partial charge < -0.3 is 10.2 Å². The Balaban J connectivity index is 3.89. The van der Waals surface area contributed by atoms with E-state index >= 15 is 0 Å². The molecule has 0 aliphatic heterocycles. The van der Waals surface area contributed by atoms with Gasteiger partial charge in [0, 0.05) is 5.56 Å². The fourth-order valence-corrected chi connectivity index (χ4v) is 2.81. The van der Waals surface area contributed by atoms with Crippen LogP contribution in [0.25, 0.3) is 0 Å². The molecule has 0 aliphatic carbocycles. The van der Waals surface area contributed by atoms with Gasteiger partial charge in [-0.25, -0.2) is 4.79 Å². The predicted octanol–water partition coefficient (Wildman–Crippen LogP) is 5.27. The molecule has 0 saturated carbocycles. The summed E-state index contributed by atoms with van der Waals surface area (Å²) in [7, 11) is 0. The molecular formula is C20H32O3. The maximum atomic E-state index is 11.8. The summed E-state index contributed by atoms with van der Waals surface area (Å²) in [6.07, 6.45) is 0. The van der Waals surface area contributed by atoms with Crippen LogP contribution >= 0.6 is 0 Å². The first-order valence-electron chi connectivity index (χ1n) is 8.37. The van der Waals surface area contributed by atoms with E-state index in [4.69, 9.17) is 0 Å². The minimum atomic E-state index is -1.07. The van der Waals surface area contributed by atoms with Gasteiger partial charge in [0.15, 0.2) is 0 Å². The second-order valence-electron chi connectivity index (χ2n) is 8.38. The summed E-state index contributed by atoms with van der Waals surface area (Å²) >= 11 is 0. The minimum Gasteiger partial charge on any atom is -0.507 e. The Morgan fingerprint density at radius 1 is 0.957 bits per heavy atom. The first kappa shape index (κ1) is 19.5. The predicted molar refractivity (Wildman–Crippen MR) is 95.5 cm³/mol. The molecule has 1 aromatic carbocycles. The van der Waals surface area contributed by atoms with Crippen molar-refractivity contribution in [3.05, 3.63) is 28.3 Å². The fourth-order valence-electron chi connectivity index (χ4n) is 2.81. The van der Waals surface area contributed by atoms with E-state index in [9.17, 15) is 15.0 Å². The van der Waals surface area contributed by atoms with Crippen LogP contribution in [0.2, 0.25) is 0 Å². The lowest BCUT2D eigenvalue weighted by Crippen LogP contribution is -2.30. The van der Waals surface area contributed by atoms with Gasteiger partial charge in [-0.15, -0.1) is 0 Å². The highest BCUT2D eigenvalue weighted by Gasteiger charge is 2.35. The molecule has 0 aromatic heterocycles. The van der Waals surface area contributed by atoms with E-state index in [0.29, 0.717) is 11.5 Å². The van der Waals surface area contributed by atoms with E-state index < -0.39 is 5.97 Å². The van der Waals surface area contributed by atoms with Crippen LogP contribution in [0, 0.1) is 18.8 Å². The Labute approximate surface area is 140 Å². The van der Waals surface area contributed by atoms with Crippen molar-refractivity contribution in [3.63, 3.8) is 0 Å². The van der Waals surface area contributed by atoms with E-state index in [1.54, 1.807) is 6.92 Å². The van der Waals surface area contributed by atoms with Gasteiger partial charge in [0.1, 0.15) is 11.3 Å². The van der Waals surface area contributed by atoms with Crippen molar-refractivity contribution in [2.45, 2.75) is 73.1 Å². The maximum absolute atomic E-state index is 11.8. The van der Waals surface area contributed by atoms with E-state index in [0.717, 1.165) is 11.1 Å². The molecular weight excluding hydrogens is 288 g/mol. The monoisotopic (exact) mass is 320 g/mol. The Bertz CT molecular complexity index is 564. The van der Waals surface area contributed by atoms with Crippen molar-refractivity contribution in [2.24, 2.45) is 11.8 Å². The molecule has 3 heteroatoms. The molecule has 0 bridgehead atoms. The normalized spacial score (nSPS) is 13.0. The summed E-state index contributed by atoms with van der Waals surface area (Å²) in [6, 6.07) is 2.02. The van der Waals surface area contributed by atoms with Crippen LogP contribution in [0.5, 0.6) is 5.75 Å². The number of carbonyl (C=O) groups is 1. The van der Waals surface area contributed by atoms with Crippen molar-refractivity contribution < 1.29 is 15.0 Å². The molecule has 0 spiro atoms. The molecule has 0 saturated heterocycles. The number of phenols is 1. The number of carboxylic acid groups (broad SMARTS) is 1. The average Bonchev–Trinajstić information content (AvgIpc) is 2.37. The van der Waals surface area contributed by atoms with Gasteiger partial charge in [-0.1, -0.05) is 61.5 Å². The highest BCUT2D eigenvalue weighted by Crippen LogP contribution is 2.44. The Hall–Kier alpha value is -1.51. The van der Waals surface area contributed by atoms with Crippen molar-refractivity contribution in [1.82, 2.24) is 0 Å². The number of hydrogen-bond donors (Lipinski definition) is 2. The van der Waals surface area contributed by atoms with Crippen LogP contribution in [0.4, 0.5) is 0 Å². The van der Waals surface area contributed by atoms with Gasteiger partial charge >= 0.3 is 5.97 Å². The molecule has 0 amide bonds. The van der Waals surface area contributed by atoms with Gasteiger partial charge in [-0.2, -0.15) is 0 Å². The summed E-state index contributed by atoms with van der Waals surface area (Å²) in [4.78, 5) is 11.8. The first-order valence-corrected chi connectivity index (χ1v) is 8.37. The number of rotatable bonds is 5. The molecule has 23 heavy (non-hydrogen) atoms. The van der Waals surface area contributed by atoms with Gasteiger partial charge in [-0.05, 0) is 40.7 Å². The topological polar surface area (TPSA) is 57.5 Å². The summed E-state index contributed by atoms with van der Waals surface area (Å²) in [5.41, 5.74) is 1.94. The molecule has 0 aliphatic rings. The molecule has 3 nitrogen and oxygen atoms in total. The number of aromatic hydroxyl groups is 1. The molecule has 0 atom stereocenters. The Morgan fingerprint density at radius 3 is 1.70 bits per heavy atom. The summed E-state index contributed by atoms with van der Waals surface area (Å²) in [6.45, 7) is 18.6. The number of benzene rings is 1. The van der Waals surface area contributed by atoms with Crippen LogP contribution < -0.4 is 0 Å². The number of hydrogen-bond acceptors (Lipinski definition) is 2. The summed E-state index contributed by atoms with van der Waals surface area (Å²) in [5, 5.41) is 20.3. The van der Waals surface area contributed by atoms with E-state index in [-0.39, 0.29) is 28.1 Å². The standard InChI is InChI=1S/C20H32O3/c1-11(2)19(6,7)14-10-15(20(8,9)12(3)4)17(21)16(13(14)5)18(22)23/h10-12,21H,1-9H3,(H,22,23). The zero-order valence-corrected chi connectivity index (χ0v) is 16.0. The molecule has 0 fully saturated rings. The van der Waals surface area contributed by atoms with Gasteiger partial charge in [0.05, 0.1) is 0 Å². The third kappa shape index (κ3) is 3.24. The molecule has 1 aromatic rings. The lowest BCUT2D eigenvalue weighted by molar-refractivity contribution is 0.0692. The quantitative estimate of drug-likeness (QED) is 0.777. The Kier molecular flexibility index (Phi) is 5.25. The van der Waals surface area contributed by atoms with E-state index in [1.165, 1.54) is 0 Å². The number of aromatic carboxylic acids is 1. The second-order valence-corrected chi connectivity index (χ2v) is 8.38. The molecule has 1 rings (SSSR count). The van der Waals surface area contributed by atoms with Crippen LogP contribution in [0.1, 0.15) is 82.4 Å². The van der Waals surface area contributed by atoms with Crippen molar-refractivity contribution in [1.29, 1.82) is 0 Å². The SMILES string of the molecule is Cc1c(C(C)(C)C(C)C)cc(C(C)(C)C(C)C)c(O)c1C(=O)O. The third-order valence-corrected chi connectivity index (χ3v) is 6.05. The largest absolute Gasteiger partial charge is 0.507 e. The van der Waals surface area contributed by atoms with Crippen molar-refractivity contribution in [2.75, 3.05) is 0 Å². The van der Waals surface area contributed by atoms with Crippen molar-refractivity contribution in [3.8, 4) is 5.75 Å². The molecule has 0 radical (unpaired) electrons. The van der Waals surface area contributed by atoms with Crippen LogP contribution in [-0.2, 0) is 10.8 Å². The van der Waals surface area contributed by atoms with Crippen LogP contribution in [0.15, 0.2) is 6.07 Å². The highest BCUT2D eigenvalue weighted by molar-refractivity contribution is 5.94. The van der Waals surface area contributed by atoms with E-state index in [1.807, 2.05) is 6.07 Å². The minimum absolute atomic E-state index is 0.0416. The average molecular weight is 320 g/mol. The van der Waals surface area contributed by atoms with Crippen LogP contribution in [-0.4, -0.2) is 16.2 Å². The lowest BCUT2D eigenvalue weighted by Gasteiger charge is -2.36. The third-order valence-electron chi connectivity index (χ3n) is 6.05. The van der Waals surface area contributed by atoms with E-state index in [2.05, 4.69) is 55.4 Å². The second kappa shape index (κ2) is 6.18. The smallest absolute Gasteiger partial charge is 0.339 e. The first-order chi connectivity index (χ1) is 10.3. The van der Waals surface area contributed by atoms with Crippen molar-refractivity contribution >= 4 is 5.97 Å². The maximum Gasteiger partial charge on any atom is 0.339 e. The highest BCUT2D eigenvalue weighted by atomic mass is 16.4.